The fourth-order valence-electron chi connectivity index (χ4n) is 0.934. The van der Waals surface area contributed by atoms with Crippen LogP contribution in [0, 0.1) is 0 Å². The van der Waals surface area contributed by atoms with Gasteiger partial charge in [-0.1, -0.05) is 24.8 Å². The molecule has 0 heterocycles. The van der Waals surface area contributed by atoms with Gasteiger partial charge in [0.05, 0.1) is 0 Å². The maximum Gasteiger partial charge on any atom is 0.333 e. The van der Waals surface area contributed by atoms with E-state index < -0.39 is 0 Å². The third kappa shape index (κ3) is 4.70. The van der Waals surface area contributed by atoms with Crippen LogP contribution < -0.4 is 0 Å². The fraction of sp³-hybridized carbons (Fsp3) is 0.250. The van der Waals surface area contributed by atoms with Crippen molar-refractivity contribution in [2.24, 2.45) is 0 Å². The Kier molecular flexibility index (Phi) is 4.98. The van der Waals surface area contributed by atoms with Crippen LogP contribution >= 0.6 is 11.8 Å². The maximum atomic E-state index is 11.0. The zero-order valence-electron chi connectivity index (χ0n) is 8.73. The summed E-state index contributed by atoms with van der Waals surface area (Å²) in [6, 6.07) is 10.0. The summed E-state index contributed by atoms with van der Waals surface area (Å²) in [4.78, 5) is 12.2. The SMILES string of the molecule is C=C(C)C(=O)OCCSc1ccccc1. The van der Waals surface area contributed by atoms with Crippen molar-refractivity contribution in [2.45, 2.75) is 11.8 Å². The van der Waals surface area contributed by atoms with Crippen molar-refractivity contribution in [1.29, 1.82) is 0 Å². The highest BCUT2D eigenvalue weighted by Gasteiger charge is 2.01. The molecule has 0 atom stereocenters. The van der Waals surface area contributed by atoms with Crippen LogP contribution in [-0.2, 0) is 9.53 Å². The first-order valence-corrected chi connectivity index (χ1v) is 5.69. The molecular weight excluding hydrogens is 208 g/mol. The molecule has 1 rings (SSSR count). The fourth-order valence-corrected chi connectivity index (χ4v) is 1.69. The average Bonchev–Trinajstić information content (AvgIpc) is 2.25. The van der Waals surface area contributed by atoms with Crippen molar-refractivity contribution in [1.82, 2.24) is 0 Å². The molecule has 1 aromatic carbocycles. The molecule has 15 heavy (non-hydrogen) atoms. The number of esters is 1. The largest absolute Gasteiger partial charge is 0.461 e. The Labute approximate surface area is 94.3 Å². The lowest BCUT2D eigenvalue weighted by atomic mass is 10.4. The highest BCUT2D eigenvalue weighted by Crippen LogP contribution is 2.16. The van der Waals surface area contributed by atoms with Gasteiger partial charge < -0.3 is 4.74 Å². The van der Waals surface area contributed by atoms with Gasteiger partial charge in [-0.2, -0.15) is 0 Å². The second-order valence-corrected chi connectivity index (χ2v) is 4.25. The number of rotatable bonds is 5. The molecule has 80 valence electrons. The molecule has 0 aliphatic rings. The van der Waals surface area contributed by atoms with Gasteiger partial charge in [0.1, 0.15) is 6.61 Å². The molecule has 0 amide bonds. The summed E-state index contributed by atoms with van der Waals surface area (Å²) in [5.41, 5.74) is 0.444. The van der Waals surface area contributed by atoms with Gasteiger partial charge in [-0.05, 0) is 19.1 Å². The summed E-state index contributed by atoms with van der Waals surface area (Å²) >= 11 is 1.67. The van der Waals surface area contributed by atoms with Crippen LogP contribution in [0.5, 0.6) is 0 Å². The Bertz CT molecular complexity index is 333. The van der Waals surface area contributed by atoms with Crippen molar-refractivity contribution >= 4 is 17.7 Å². The van der Waals surface area contributed by atoms with Crippen molar-refractivity contribution < 1.29 is 9.53 Å². The summed E-state index contributed by atoms with van der Waals surface area (Å²) in [5.74, 6) is 0.451. The highest BCUT2D eigenvalue weighted by atomic mass is 32.2. The molecule has 0 aromatic heterocycles. The normalized spacial score (nSPS) is 9.67. The van der Waals surface area contributed by atoms with Crippen molar-refractivity contribution in [2.75, 3.05) is 12.4 Å². The molecule has 0 saturated heterocycles. The number of thioether (sulfide) groups is 1. The van der Waals surface area contributed by atoms with Gasteiger partial charge in [0.25, 0.3) is 0 Å². The topological polar surface area (TPSA) is 26.3 Å². The molecule has 0 aliphatic carbocycles. The van der Waals surface area contributed by atoms with Crippen molar-refractivity contribution in [3.63, 3.8) is 0 Å². The van der Waals surface area contributed by atoms with Gasteiger partial charge >= 0.3 is 5.97 Å². The Balaban J connectivity index is 2.18. The van der Waals surface area contributed by atoms with Crippen LogP contribution in [0.3, 0.4) is 0 Å². The highest BCUT2D eigenvalue weighted by molar-refractivity contribution is 7.99. The molecule has 3 heteroatoms. The van der Waals surface area contributed by atoms with E-state index in [0.717, 1.165) is 5.75 Å². The van der Waals surface area contributed by atoms with Gasteiger partial charge in [0.2, 0.25) is 0 Å². The van der Waals surface area contributed by atoms with E-state index in [1.54, 1.807) is 18.7 Å². The van der Waals surface area contributed by atoms with Gasteiger partial charge in [0.15, 0.2) is 0 Å². The third-order valence-electron chi connectivity index (χ3n) is 1.68. The van der Waals surface area contributed by atoms with Crippen molar-refractivity contribution in [3.05, 3.63) is 42.5 Å². The molecule has 0 fully saturated rings. The second-order valence-electron chi connectivity index (χ2n) is 3.08. The zero-order chi connectivity index (χ0) is 11.1. The molecule has 0 unspecified atom stereocenters. The average molecular weight is 222 g/mol. The van der Waals surface area contributed by atoms with E-state index in [9.17, 15) is 4.79 Å². The molecule has 0 radical (unpaired) electrons. The Morgan fingerprint density at radius 2 is 2.07 bits per heavy atom. The van der Waals surface area contributed by atoms with Crippen LogP contribution in [-0.4, -0.2) is 18.3 Å². The number of benzene rings is 1. The number of hydrogen-bond donors (Lipinski definition) is 0. The van der Waals surface area contributed by atoms with Crippen LogP contribution in [0.15, 0.2) is 47.4 Å². The molecular formula is C12H14O2S. The Hall–Kier alpha value is -1.22. The molecule has 0 aliphatic heterocycles. The predicted octanol–water partition coefficient (Wildman–Crippen LogP) is 2.90. The number of hydrogen-bond acceptors (Lipinski definition) is 3. The minimum absolute atomic E-state index is 0.316. The first kappa shape index (κ1) is 11.9. The summed E-state index contributed by atoms with van der Waals surface area (Å²) in [6.45, 7) is 5.58. The van der Waals surface area contributed by atoms with E-state index in [0.29, 0.717) is 12.2 Å². The monoisotopic (exact) mass is 222 g/mol. The first-order valence-electron chi connectivity index (χ1n) is 4.70. The van der Waals surface area contributed by atoms with Gasteiger partial charge in [0, 0.05) is 16.2 Å². The Morgan fingerprint density at radius 3 is 2.67 bits per heavy atom. The minimum Gasteiger partial charge on any atom is -0.461 e. The number of ether oxygens (including phenoxy) is 1. The van der Waals surface area contributed by atoms with Gasteiger partial charge in [-0.15, -0.1) is 11.8 Å². The first-order chi connectivity index (χ1) is 7.20. The van der Waals surface area contributed by atoms with Crippen LogP contribution in [0.4, 0.5) is 0 Å². The van der Waals surface area contributed by atoms with Gasteiger partial charge in [-0.25, -0.2) is 4.79 Å². The minimum atomic E-state index is -0.316. The summed E-state index contributed by atoms with van der Waals surface area (Å²) in [7, 11) is 0. The summed E-state index contributed by atoms with van der Waals surface area (Å²) in [5, 5.41) is 0. The van der Waals surface area contributed by atoms with E-state index >= 15 is 0 Å². The maximum absolute atomic E-state index is 11.0. The molecule has 0 bridgehead atoms. The lowest BCUT2D eigenvalue weighted by molar-refractivity contribution is -0.138. The van der Waals surface area contributed by atoms with Crippen LogP contribution in [0.1, 0.15) is 6.92 Å². The molecule has 0 saturated carbocycles. The lowest BCUT2D eigenvalue weighted by Crippen LogP contribution is -2.07. The molecule has 1 aromatic rings. The summed E-state index contributed by atoms with van der Waals surface area (Å²) < 4.78 is 4.97. The standard InChI is InChI=1S/C12H14O2S/c1-10(2)12(13)14-8-9-15-11-6-4-3-5-7-11/h3-7H,1,8-9H2,2H3. The summed E-state index contributed by atoms with van der Waals surface area (Å²) in [6.07, 6.45) is 0. The second kappa shape index (κ2) is 6.30. The number of carbonyl (C=O) groups is 1. The van der Waals surface area contributed by atoms with Gasteiger partial charge in [-0.3, -0.25) is 0 Å². The van der Waals surface area contributed by atoms with E-state index in [2.05, 4.69) is 6.58 Å². The molecule has 0 N–H and O–H groups in total. The van der Waals surface area contributed by atoms with Crippen molar-refractivity contribution in [3.8, 4) is 0 Å². The van der Waals surface area contributed by atoms with E-state index in [-0.39, 0.29) is 5.97 Å². The predicted molar refractivity (Wildman–Crippen MR) is 62.9 cm³/mol. The van der Waals surface area contributed by atoms with Crippen LogP contribution in [0.25, 0.3) is 0 Å². The Morgan fingerprint density at radius 1 is 1.40 bits per heavy atom. The quantitative estimate of drug-likeness (QED) is 0.331. The third-order valence-corrected chi connectivity index (χ3v) is 2.65. The van der Waals surface area contributed by atoms with E-state index in [1.807, 2.05) is 30.3 Å². The van der Waals surface area contributed by atoms with Crippen LogP contribution in [0.2, 0.25) is 0 Å². The molecule has 0 spiro atoms. The van der Waals surface area contributed by atoms with E-state index in [4.69, 9.17) is 4.74 Å². The lowest BCUT2D eigenvalue weighted by Gasteiger charge is -2.03. The zero-order valence-corrected chi connectivity index (χ0v) is 9.55. The smallest absolute Gasteiger partial charge is 0.333 e. The number of carbonyl (C=O) groups excluding carboxylic acids is 1. The molecule has 2 nitrogen and oxygen atoms in total. The van der Waals surface area contributed by atoms with E-state index in [1.165, 1.54) is 4.90 Å².